The van der Waals surface area contributed by atoms with Gasteiger partial charge in [0, 0.05) is 23.6 Å². The van der Waals surface area contributed by atoms with Crippen molar-refractivity contribution in [1.29, 1.82) is 0 Å². The van der Waals surface area contributed by atoms with Gasteiger partial charge in [-0.3, -0.25) is 4.79 Å². The Morgan fingerprint density at radius 3 is 2.67 bits per heavy atom. The molecule has 1 atom stereocenters. The SMILES string of the molecule is CCC(C)(C)C(=O)N1CCOC1c1cc(F)cc(F)c1F. The summed E-state index contributed by atoms with van der Waals surface area (Å²) in [6, 6.07) is 1.34. The smallest absolute Gasteiger partial charge is 0.230 e. The van der Waals surface area contributed by atoms with Gasteiger partial charge in [-0.25, -0.2) is 13.2 Å². The summed E-state index contributed by atoms with van der Waals surface area (Å²) in [6.45, 7) is 5.88. The van der Waals surface area contributed by atoms with Crippen molar-refractivity contribution >= 4 is 5.91 Å². The summed E-state index contributed by atoms with van der Waals surface area (Å²) in [4.78, 5) is 13.8. The van der Waals surface area contributed by atoms with Gasteiger partial charge in [0.05, 0.1) is 6.61 Å². The van der Waals surface area contributed by atoms with Gasteiger partial charge in [-0.2, -0.15) is 0 Å². The average Bonchev–Trinajstić information content (AvgIpc) is 2.90. The van der Waals surface area contributed by atoms with Gasteiger partial charge in [0.25, 0.3) is 0 Å². The van der Waals surface area contributed by atoms with Gasteiger partial charge in [-0.15, -0.1) is 0 Å². The fraction of sp³-hybridized carbons (Fsp3) is 0.533. The summed E-state index contributed by atoms with van der Waals surface area (Å²) >= 11 is 0. The molecule has 0 aliphatic carbocycles. The molecule has 0 bridgehead atoms. The first-order valence-corrected chi connectivity index (χ1v) is 6.85. The third-order valence-corrected chi connectivity index (χ3v) is 3.90. The number of amides is 1. The lowest BCUT2D eigenvalue weighted by Gasteiger charge is -2.31. The maximum absolute atomic E-state index is 13.9. The van der Waals surface area contributed by atoms with Crippen LogP contribution in [0.4, 0.5) is 13.2 Å². The number of halogens is 3. The molecule has 0 radical (unpaired) electrons. The van der Waals surface area contributed by atoms with Crippen molar-refractivity contribution in [2.75, 3.05) is 13.2 Å². The number of rotatable bonds is 3. The molecule has 21 heavy (non-hydrogen) atoms. The largest absolute Gasteiger partial charge is 0.352 e. The number of benzene rings is 1. The van der Waals surface area contributed by atoms with Crippen LogP contribution in [-0.2, 0) is 9.53 Å². The van der Waals surface area contributed by atoms with Crippen molar-refractivity contribution in [3.8, 4) is 0 Å². The second-order valence-electron chi connectivity index (χ2n) is 5.75. The third kappa shape index (κ3) is 2.90. The summed E-state index contributed by atoms with van der Waals surface area (Å²) in [5.74, 6) is -3.60. The number of hydrogen-bond donors (Lipinski definition) is 0. The molecule has 0 N–H and O–H groups in total. The summed E-state index contributed by atoms with van der Waals surface area (Å²) in [5, 5.41) is 0. The Kier molecular flexibility index (Phi) is 4.27. The maximum Gasteiger partial charge on any atom is 0.230 e. The summed E-state index contributed by atoms with van der Waals surface area (Å²) in [6.07, 6.45) is -0.497. The monoisotopic (exact) mass is 301 g/mol. The molecule has 1 saturated heterocycles. The molecule has 1 aliphatic rings. The lowest BCUT2D eigenvalue weighted by molar-refractivity contribution is -0.146. The van der Waals surface area contributed by atoms with E-state index in [1.54, 1.807) is 13.8 Å². The van der Waals surface area contributed by atoms with Crippen molar-refractivity contribution in [2.24, 2.45) is 5.41 Å². The normalized spacial score (nSPS) is 19.1. The van der Waals surface area contributed by atoms with Crippen molar-refractivity contribution in [2.45, 2.75) is 33.4 Å². The van der Waals surface area contributed by atoms with Gasteiger partial charge < -0.3 is 9.64 Å². The van der Waals surface area contributed by atoms with E-state index in [-0.39, 0.29) is 24.6 Å². The van der Waals surface area contributed by atoms with Crippen LogP contribution in [0, 0.1) is 22.9 Å². The van der Waals surface area contributed by atoms with Crippen LogP contribution in [-0.4, -0.2) is 24.0 Å². The highest BCUT2D eigenvalue weighted by Crippen LogP contribution is 2.34. The van der Waals surface area contributed by atoms with Crippen LogP contribution in [0.15, 0.2) is 12.1 Å². The van der Waals surface area contributed by atoms with Crippen LogP contribution in [0.3, 0.4) is 0 Å². The van der Waals surface area contributed by atoms with E-state index < -0.39 is 29.1 Å². The highest BCUT2D eigenvalue weighted by atomic mass is 19.2. The van der Waals surface area contributed by atoms with Crippen LogP contribution in [0.5, 0.6) is 0 Å². The molecule has 0 aromatic heterocycles. The van der Waals surface area contributed by atoms with E-state index in [1.807, 2.05) is 6.92 Å². The Bertz CT molecular complexity index is 560. The molecule has 1 aromatic rings. The molecule has 3 nitrogen and oxygen atoms in total. The first kappa shape index (κ1) is 15.8. The summed E-state index contributed by atoms with van der Waals surface area (Å²) in [5.41, 5.74) is -0.931. The molecule has 1 heterocycles. The standard InChI is InChI=1S/C15H18F3NO2/c1-4-15(2,3)14(20)19-5-6-21-13(19)10-7-9(16)8-11(17)12(10)18/h7-8,13H,4-6H2,1-3H3. The predicted molar refractivity (Wildman–Crippen MR) is 70.8 cm³/mol. The van der Waals surface area contributed by atoms with E-state index in [1.165, 1.54) is 4.90 Å². The number of carbonyl (C=O) groups is 1. The van der Waals surface area contributed by atoms with Crippen LogP contribution in [0.2, 0.25) is 0 Å². The number of ether oxygens (including phenoxy) is 1. The average molecular weight is 301 g/mol. The molecule has 1 amide bonds. The van der Waals surface area contributed by atoms with Gasteiger partial charge in [0.2, 0.25) is 5.91 Å². The van der Waals surface area contributed by atoms with Crippen LogP contribution in [0.25, 0.3) is 0 Å². The van der Waals surface area contributed by atoms with Crippen molar-refractivity contribution < 1.29 is 22.7 Å². The highest BCUT2D eigenvalue weighted by Gasteiger charge is 2.39. The first-order chi connectivity index (χ1) is 9.77. The number of nitrogens with zero attached hydrogens (tertiary/aromatic N) is 1. The van der Waals surface area contributed by atoms with Crippen molar-refractivity contribution in [3.05, 3.63) is 35.1 Å². The van der Waals surface area contributed by atoms with E-state index in [9.17, 15) is 18.0 Å². The van der Waals surface area contributed by atoms with Crippen molar-refractivity contribution in [1.82, 2.24) is 4.90 Å². The lowest BCUT2D eigenvalue weighted by atomic mass is 9.88. The summed E-state index contributed by atoms with van der Waals surface area (Å²) in [7, 11) is 0. The second kappa shape index (κ2) is 5.67. The Balaban J connectivity index is 2.38. The van der Waals surface area contributed by atoms with E-state index in [0.29, 0.717) is 12.5 Å². The van der Waals surface area contributed by atoms with Gasteiger partial charge >= 0.3 is 0 Å². The molecule has 1 unspecified atom stereocenters. The van der Waals surface area contributed by atoms with Crippen molar-refractivity contribution in [3.63, 3.8) is 0 Å². The van der Waals surface area contributed by atoms with Gasteiger partial charge in [0.1, 0.15) is 5.82 Å². The summed E-state index contributed by atoms with van der Waals surface area (Å²) < 4.78 is 45.9. The van der Waals surface area contributed by atoms with Gasteiger partial charge in [-0.1, -0.05) is 20.8 Å². The maximum atomic E-state index is 13.9. The Morgan fingerprint density at radius 1 is 1.38 bits per heavy atom. The minimum Gasteiger partial charge on any atom is -0.352 e. The minimum absolute atomic E-state index is 0.202. The van der Waals surface area contributed by atoms with Crippen LogP contribution in [0.1, 0.15) is 39.0 Å². The molecule has 1 aliphatic heterocycles. The molecule has 6 heteroatoms. The first-order valence-electron chi connectivity index (χ1n) is 6.85. The Labute approximate surface area is 121 Å². The molecule has 1 fully saturated rings. The molecule has 0 spiro atoms. The van der Waals surface area contributed by atoms with E-state index in [4.69, 9.17) is 4.74 Å². The van der Waals surface area contributed by atoms with Crippen LogP contribution >= 0.6 is 0 Å². The van der Waals surface area contributed by atoms with Crippen LogP contribution < -0.4 is 0 Å². The fourth-order valence-corrected chi connectivity index (χ4v) is 2.23. The quantitative estimate of drug-likeness (QED) is 0.801. The molecule has 1 aromatic carbocycles. The van der Waals surface area contributed by atoms with E-state index in [0.717, 1.165) is 6.07 Å². The number of carbonyl (C=O) groups excluding carboxylic acids is 1. The zero-order chi connectivity index (χ0) is 15.8. The topological polar surface area (TPSA) is 29.5 Å². The van der Waals surface area contributed by atoms with E-state index in [2.05, 4.69) is 0 Å². The molecular formula is C15H18F3NO2. The third-order valence-electron chi connectivity index (χ3n) is 3.90. The van der Waals surface area contributed by atoms with E-state index >= 15 is 0 Å². The highest BCUT2D eigenvalue weighted by molar-refractivity contribution is 5.82. The minimum atomic E-state index is -1.29. The Morgan fingerprint density at radius 2 is 2.05 bits per heavy atom. The Hall–Kier alpha value is -1.56. The number of hydrogen-bond acceptors (Lipinski definition) is 2. The van der Waals surface area contributed by atoms with Gasteiger partial charge in [-0.05, 0) is 12.5 Å². The molecule has 0 saturated carbocycles. The lowest BCUT2D eigenvalue weighted by Crippen LogP contribution is -2.40. The molecule has 116 valence electrons. The zero-order valence-corrected chi connectivity index (χ0v) is 12.3. The van der Waals surface area contributed by atoms with Gasteiger partial charge in [0.15, 0.2) is 17.9 Å². The zero-order valence-electron chi connectivity index (χ0n) is 12.3. The second-order valence-corrected chi connectivity index (χ2v) is 5.75. The predicted octanol–water partition coefficient (Wildman–Crippen LogP) is 3.40. The fourth-order valence-electron chi connectivity index (χ4n) is 2.23. The molecule has 2 rings (SSSR count). The molecular weight excluding hydrogens is 283 g/mol.